The summed E-state index contributed by atoms with van der Waals surface area (Å²) in [5, 5.41) is 0. The lowest BCUT2D eigenvalue weighted by atomic mass is 9.75. The molecule has 0 saturated carbocycles. The lowest BCUT2D eigenvalue weighted by molar-refractivity contribution is 0.0730. The van der Waals surface area contributed by atoms with E-state index in [1.165, 1.54) is 10.00 Å². The maximum Gasteiger partial charge on any atom is 0.243 e. The van der Waals surface area contributed by atoms with Gasteiger partial charge in [0.25, 0.3) is 0 Å². The van der Waals surface area contributed by atoms with Crippen molar-refractivity contribution in [2.24, 2.45) is 5.41 Å². The molecule has 31 heavy (non-hydrogen) atoms. The van der Waals surface area contributed by atoms with E-state index >= 15 is 0 Å². The molecule has 0 bridgehead atoms. The highest BCUT2D eigenvalue weighted by atomic mass is 32.2. The van der Waals surface area contributed by atoms with Gasteiger partial charge in [-0.25, -0.2) is 8.42 Å². The van der Waals surface area contributed by atoms with Gasteiger partial charge in [-0.05, 0) is 56.2 Å². The Morgan fingerprint density at radius 3 is 2.52 bits per heavy atom. The zero-order valence-corrected chi connectivity index (χ0v) is 19.7. The smallest absolute Gasteiger partial charge is 0.243 e. The average molecular weight is 445 g/mol. The van der Waals surface area contributed by atoms with Crippen molar-refractivity contribution in [3.63, 3.8) is 0 Å². The van der Waals surface area contributed by atoms with Gasteiger partial charge in [0.2, 0.25) is 10.0 Å². The summed E-state index contributed by atoms with van der Waals surface area (Å²) in [4.78, 5) is 14.0. The first-order valence-electron chi connectivity index (χ1n) is 11.1. The van der Waals surface area contributed by atoms with E-state index in [0.717, 1.165) is 37.1 Å². The number of carbonyl (C=O) groups is 1. The number of fused-ring (bicyclic) bond motifs is 1. The van der Waals surface area contributed by atoms with Crippen molar-refractivity contribution in [2.75, 3.05) is 26.3 Å². The molecule has 0 amide bonds. The molecule has 2 aliphatic rings. The number of hydrogen-bond acceptors (Lipinski definition) is 4. The van der Waals surface area contributed by atoms with Crippen LogP contribution in [0.5, 0.6) is 0 Å². The van der Waals surface area contributed by atoms with Gasteiger partial charge in [-0.2, -0.15) is 4.31 Å². The highest BCUT2D eigenvalue weighted by molar-refractivity contribution is 7.89. The number of hydrogen-bond donors (Lipinski definition) is 0. The van der Waals surface area contributed by atoms with E-state index in [-0.39, 0.29) is 21.7 Å². The molecule has 0 atom stereocenters. The molecule has 6 nitrogen and oxygen atoms in total. The number of rotatable bonds is 5. The fourth-order valence-electron chi connectivity index (χ4n) is 5.03. The maximum atomic E-state index is 13.9. The van der Waals surface area contributed by atoms with Crippen LogP contribution >= 0.6 is 0 Å². The molecule has 1 fully saturated rings. The standard InChI is InChI=1S/C24H32N2O4S/c1-5-26-17(2)22(19-16-24(3,4)11-10-20(19)26)23(27)18-8-6-7-9-21(18)31(28,29)25-12-14-30-15-13-25/h6-9H,5,10-16H2,1-4H3. The molecule has 1 saturated heterocycles. The zero-order valence-electron chi connectivity index (χ0n) is 18.9. The molecule has 0 unspecified atom stereocenters. The first kappa shape index (κ1) is 22.2. The van der Waals surface area contributed by atoms with Gasteiger partial charge < -0.3 is 9.30 Å². The molecule has 2 heterocycles. The van der Waals surface area contributed by atoms with Crippen LogP contribution in [-0.2, 0) is 34.1 Å². The lowest BCUT2D eigenvalue weighted by Crippen LogP contribution is -2.41. The Hall–Kier alpha value is -1.96. The van der Waals surface area contributed by atoms with Crippen molar-refractivity contribution >= 4 is 15.8 Å². The van der Waals surface area contributed by atoms with Crippen LogP contribution in [0.3, 0.4) is 0 Å². The highest BCUT2D eigenvalue weighted by Crippen LogP contribution is 2.40. The first-order valence-corrected chi connectivity index (χ1v) is 12.5. The molecule has 7 heteroatoms. The number of ketones is 1. The number of ether oxygens (including phenoxy) is 1. The van der Waals surface area contributed by atoms with Gasteiger partial charge >= 0.3 is 0 Å². The third-order valence-electron chi connectivity index (χ3n) is 6.70. The van der Waals surface area contributed by atoms with Crippen LogP contribution < -0.4 is 0 Å². The van der Waals surface area contributed by atoms with Crippen LogP contribution in [0.4, 0.5) is 0 Å². The monoisotopic (exact) mass is 444 g/mol. The molecule has 0 spiro atoms. The summed E-state index contributed by atoms with van der Waals surface area (Å²) >= 11 is 0. The van der Waals surface area contributed by atoms with Gasteiger partial charge in [-0.3, -0.25) is 4.79 Å². The predicted molar refractivity (Wildman–Crippen MR) is 120 cm³/mol. The molecule has 4 rings (SSSR count). The van der Waals surface area contributed by atoms with E-state index in [1.54, 1.807) is 24.3 Å². The van der Waals surface area contributed by atoms with Crippen molar-refractivity contribution in [3.05, 3.63) is 52.3 Å². The van der Waals surface area contributed by atoms with Gasteiger partial charge in [-0.1, -0.05) is 26.0 Å². The molecule has 0 radical (unpaired) electrons. The molecular formula is C24H32N2O4S. The Balaban J connectivity index is 1.83. The number of benzene rings is 1. The highest BCUT2D eigenvalue weighted by Gasteiger charge is 2.36. The van der Waals surface area contributed by atoms with E-state index in [9.17, 15) is 13.2 Å². The SMILES string of the molecule is CCn1c(C)c(C(=O)c2ccccc2S(=O)(=O)N2CCOCC2)c2c1CCC(C)(C)C2. The average Bonchev–Trinajstić information content (AvgIpc) is 3.03. The van der Waals surface area contributed by atoms with Crippen LogP contribution in [0.25, 0.3) is 0 Å². The Bertz CT molecular complexity index is 1110. The van der Waals surface area contributed by atoms with E-state index in [0.29, 0.717) is 31.9 Å². The lowest BCUT2D eigenvalue weighted by Gasteiger charge is -2.31. The van der Waals surface area contributed by atoms with Crippen LogP contribution in [0.1, 0.15) is 60.1 Å². The third-order valence-corrected chi connectivity index (χ3v) is 8.66. The van der Waals surface area contributed by atoms with Crippen LogP contribution in [0, 0.1) is 12.3 Å². The second-order valence-electron chi connectivity index (χ2n) is 9.31. The van der Waals surface area contributed by atoms with Crippen molar-refractivity contribution in [3.8, 4) is 0 Å². The number of morpholine rings is 1. The number of aromatic nitrogens is 1. The molecule has 1 aliphatic heterocycles. The van der Waals surface area contributed by atoms with Gasteiger partial charge in [-0.15, -0.1) is 0 Å². The fourth-order valence-corrected chi connectivity index (χ4v) is 6.63. The molecule has 1 aliphatic carbocycles. The normalized spacial score (nSPS) is 19.2. The molecular weight excluding hydrogens is 412 g/mol. The first-order chi connectivity index (χ1) is 14.7. The summed E-state index contributed by atoms with van der Waals surface area (Å²) in [6.45, 7) is 10.7. The van der Waals surface area contributed by atoms with E-state index in [4.69, 9.17) is 4.74 Å². The largest absolute Gasteiger partial charge is 0.379 e. The number of nitrogens with zero attached hydrogens (tertiary/aromatic N) is 2. The van der Waals surface area contributed by atoms with Crippen LogP contribution in [0.15, 0.2) is 29.2 Å². The Kier molecular flexibility index (Phi) is 5.87. The molecule has 168 valence electrons. The van der Waals surface area contributed by atoms with Crippen molar-refractivity contribution < 1.29 is 17.9 Å². The van der Waals surface area contributed by atoms with Crippen LogP contribution in [-0.4, -0.2) is 49.4 Å². The minimum atomic E-state index is -3.78. The molecule has 1 aromatic heterocycles. The quantitative estimate of drug-likeness (QED) is 0.661. The Morgan fingerprint density at radius 2 is 1.84 bits per heavy atom. The maximum absolute atomic E-state index is 13.9. The van der Waals surface area contributed by atoms with Gasteiger partial charge in [0.15, 0.2) is 5.78 Å². The molecule has 2 aromatic rings. The summed E-state index contributed by atoms with van der Waals surface area (Å²) in [6.07, 6.45) is 2.85. The molecule has 0 N–H and O–H groups in total. The zero-order chi connectivity index (χ0) is 22.4. The number of sulfonamides is 1. The predicted octanol–water partition coefficient (Wildman–Crippen LogP) is 3.58. The third kappa shape index (κ3) is 3.88. The second-order valence-corrected chi connectivity index (χ2v) is 11.2. The summed E-state index contributed by atoms with van der Waals surface area (Å²) in [6, 6.07) is 6.64. The Morgan fingerprint density at radius 1 is 1.16 bits per heavy atom. The summed E-state index contributed by atoms with van der Waals surface area (Å²) in [5.41, 5.74) is 4.34. The van der Waals surface area contributed by atoms with E-state index in [2.05, 4.69) is 25.3 Å². The fraction of sp³-hybridized carbons (Fsp3) is 0.542. The van der Waals surface area contributed by atoms with Crippen molar-refractivity contribution in [1.82, 2.24) is 8.87 Å². The van der Waals surface area contributed by atoms with E-state index in [1.807, 2.05) is 6.92 Å². The number of carbonyl (C=O) groups excluding carboxylic acids is 1. The second kappa shape index (κ2) is 8.19. The van der Waals surface area contributed by atoms with Crippen LogP contribution in [0.2, 0.25) is 0 Å². The summed E-state index contributed by atoms with van der Waals surface area (Å²) in [7, 11) is -3.78. The van der Waals surface area contributed by atoms with Crippen molar-refractivity contribution in [2.45, 2.75) is 58.4 Å². The summed E-state index contributed by atoms with van der Waals surface area (Å²) in [5.74, 6) is -0.189. The Labute approximate surface area is 185 Å². The summed E-state index contributed by atoms with van der Waals surface area (Å²) < 4.78 is 35.8. The van der Waals surface area contributed by atoms with Crippen molar-refractivity contribution in [1.29, 1.82) is 0 Å². The molecule has 1 aromatic carbocycles. The topological polar surface area (TPSA) is 68.6 Å². The van der Waals surface area contributed by atoms with Gasteiger partial charge in [0, 0.05) is 42.1 Å². The van der Waals surface area contributed by atoms with Gasteiger partial charge in [0.05, 0.1) is 18.1 Å². The minimum Gasteiger partial charge on any atom is -0.379 e. The minimum absolute atomic E-state index is 0.0920. The van der Waals surface area contributed by atoms with Gasteiger partial charge in [0.1, 0.15) is 0 Å². The van der Waals surface area contributed by atoms with E-state index < -0.39 is 10.0 Å².